The second-order valence-electron chi connectivity index (χ2n) is 4.14. The van der Waals surface area contributed by atoms with Gasteiger partial charge in [-0.25, -0.2) is 4.39 Å². The van der Waals surface area contributed by atoms with Crippen LogP contribution in [0.5, 0.6) is 11.5 Å². The van der Waals surface area contributed by atoms with Crippen LogP contribution in [0.3, 0.4) is 0 Å². The summed E-state index contributed by atoms with van der Waals surface area (Å²) in [6, 6.07) is 9.42. The van der Waals surface area contributed by atoms with E-state index in [1.165, 1.54) is 31.4 Å². The van der Waals surface area contributed by atoms with Crippen molar-refractivity contribution in [2.24, 2.45) is 0 Å². The summed E-state index contributed by atoms with van der Waals surface area (Å²) >= 11 is 0. The van der Waals surface area contributed by atoms with Crippen molar-refractivity contribution in [1.82, 2.24) is 0 Å². The number of methoxy groups -OCH3 is 1. The first kappa shape index (κ1) is 14.3. The second kappa shape index (κ2) is 5.92. The van der Waals surface area contributed by atoms with Gasteiger partial charge in [-0.05, 0) is 30.3 Å². The molecule has 1 amide bonds. The van der Waals surface area contributed by atoms with Gasteiger partial charge < -0.3 is 15.2 Å². The van der Waals surface area contributed by atoms with E-state index in [2.05, 4.69) is 5.32 Å². The number of aromatic hydroxyl groups is 1. The molecular formula is C15H11FN2O3. The van der Waals surface area contributed by atoms with Gasteiger partial charge in [0.05, 0.1) is 23.9 Å². The first-order valence-corrected chi connectivity index (χ1v) is 5.93. The number of phenolic OH excluding ortho intramolecular Hbond substituents is 1. The normalized spacial score (nSPS) is 9.76. The molecule has 0 radical (unpaired) electrons. The molecule has 5 nitrogen and oxygen atoms in total. The summed E-state index contributed by atoms with van der Waals surface area (Å²) in [7, 11) is 1.44. The Hall–Kier alpha value is -3.07. The molecule has 0 aromatic heterocycles. The zero-order valence-electron chi connectivity index (χ0n) is 11.1. The lowest BCUT2D eigenvalue weighted by Crippen LogP contribution is -2.13. The third-order valence-electron chi connectivity index (χ3n) is 2.80. The van der Waals surface area contributed by atoms with E-state index in [-0.39, 0.29) is 22.6 Å². The Morgan fingerprint density at radius 2 is 2.10 bits per heavy atom. The lowest BCUT2D eigenvalue weighted by Gasteiger charge is -2.09. The highest BCUT2D eigenvalue weighted by Crippen LogP contribution is 2.25. The summed E-state index contributed by atoms with van der Waals surface area (Å²) in [6.07, 6.45) is 0. The minimum absolute atomic E-state index is 0.00338. The van der Waals surface area contributed by atoms with E-state index in [0.29, 0.717) is 5.75 Å². The van der Waals surface area contributed by atoms with E-state index in [4.69, 9.17) is 10.00 Å². The largest absolute Gasteiger partial charge is 0.507 e. The van der Waals surface area contributed by atoms with Gasteiger partial charge in [0.2, 0.25) is 0 Å². The number of amides is 1. The summed E-state index contributed by atoms with van der Waals surface area (Å²) in [5, 5.41) is 21.1. The van der Waals surface area contributed by atoms with Crippen LogP contribution in [0.2, 0.25) is 0 Å². The van der Waals surface area contributed by atoms with Crippen LogP contribution in [-0.2, 0) is 0 Å². The van der Waals surface area contributed by atoms with Crippen LogP contribution in [-0.4, -0.2) is 18.1 Å². The molecule has 0 fully saturated rings. The van der Waals surface area contributed by atoms with Crippen molar-refractivity contribution in [3.8, 4) is 17.6 Å². The van der Waals surface area contributed by atoms with Crippen LogP contribution in [0.25, 0.3) is 0 Å². The van der Waals surface area contributed by atoms with Crippen LogP contribution in [0, 0.1) is 17.1 Å². The maximum atomic E-state index is 13.0. The fourth-order valence-electron chi connectivity index (χ4n) is 1.74. The average molecular weight is 286 g/mol. The Kier molecular flexibility index (Phi) is 4.05. The number of carbonyl (C=O) groups excluding carboxylic acids is 1. The van der Waals surface area contributed by atoms with Gasteiger partial charge >= 0.3 is 0 Å². The number of hydrogen-bond acceptors (Lipinski definition) is 4. The molecule has 0 aliphatic carbocycles. The van der Waals surface area contributed by atoms with Gasteiger partial charge in [0, 0.05) is 6.07 Å². The zero-order valence-corrected chi connectivity index (χ0v) is 11.1. The molecule has 2 aromatic rings. The summed E-state index contributed by atoms with van der Waals surface area (Å²) in [6.45, 7) is 0. The van der Waals surface area contributed by atoms with E-state index in [1.54, 1.807) is 6.07 Å². The topological polar surface area (TPSA) is 82.3 Å². The molecule has 0 unspecified atom stereocenters. The number of anilines is 1. The molecule has 2 aromatic carbocycles. The number of nitriles is 1. The van der Waals surface area contributed by atoms with E-state index in [0.717, 1.165) is 12.1 Å². The molecule has 2 N–H and O–H groups in total. The van der Waals surface area contributed by atoms with Gasteiger partial charge in [0.1, 0.15) is 23.4 Å². The van der Waals surface area contributed by atoms with Gasteiger partial charge in [-0.2, -0.15) is 5.26 Å². The Morgan fingerprint density at radius 1 is 1.33 bits per heavy atom. The summed E-state index contributed by atoms with van der Waals surface area (Å²) in [5.41, 5.74) is 0.180. The van der Waals surface area contributed by atoms with Crippen molar-refractivity contribution < 1.29 is 19.0 Å². The SMILES string of the molecule is COc1ccc(C(=O)Nc2ccc(F)cc2C#N)c(O)c1. The van der Waals surface area contributed by atoms with Crippen LogP contribution in [0.15, 0.2) is 36.4 Å². The number of ether oxygens (including phenoxy) is 1. The molecule has 6 heteroatoms. The molecule has 0 saturated heterocycles. The number of hydrogen-bond donors (Lipinski definition) is 2. The van der Waals surface area contributed by atoms with Crippen molar-refractivity contribution >= 4 is 11.6 Å². The smallest absolute Gasteiger partial charge is 0.259 e. The molecule has 0 saturated carbocycles. The molecule has 2 rings (SSSR count). The Labute approximate surface area is 120 Å². The van der Waals surface area contributed by atoms with Crippen molar-refractivity contribution in [2.75, 3.05) is 12.4 Å². The molecular weight excluding hydrogens is 275 g/mol. The third kappa shape index (κ3) is 3.09. The van der Waals surface area contributed by atoms with E-state index < -0.39 is 11.7 Å². The van der Waals surface area contributed by atoms with Crippen LogP contribution < -0.4 is 10.1 Å². The minimum atomic E-state index is -0.613. The van der Waals surface area contributed by atoms with Crippen molar-refractivity contribution in [2.45, 2.75) is 0 Å². The lowest BCUT2D eigenvalue weighted by molar-refractivity contribution is 0.102. The highest BCUT2D eigenvalue weighted by molar-refractivity contribution is 6.06. The van der Waals surface area contributed by atoms with Crippen LogP contribution >= 0.6 is 0 Å². The predicted molar refractivity (Wildman–Crippen MR) is 73.7 cm³/mol. The maximum Gasteiger partial charge on any atom is 0.259 e. The molecule has 0 aliphatic heterocycles. The van der Waals surface area contributed by atoms with Crippen molar-refractivity contribution in [3.05, 3.63) is 53.3 Å². The molecule has 0 spiro atoms. The van der Waals surface area contributed by atoms with Crippen molar-refractivity contribution in [1.29, 1.82) is 5.26 Å². The molecule has 106 valence electrons. The Balaban J connectivity index is 2.29. The highest BCUT2D eigenvalue weighted by Gasteiger charge is 2.14. The molecule has 0 aliphatic rings. The molecule has 0 heterocycles. The number of nitrogens with zero attached hydrogens (tertiary/aromatic N) is 1. The first-order chi connectivity index (χ1) is 10.0. The second-order valence-corrected chi connectivity index (χ2v) is 4.14. The zero-order chi connectivity index (χ0) is 15.4. The van der Waals surface area contributed by atoms with Gasteiger partial charge in [-0.1, -0.05) is 0 Å². The monoisotopic (exact) mass is 286 g/mol. The number of rotatable bonds is 3. The highest BCUT2D eigenvalue weighted by atomic mass is 19.1. The number of phenols is 1. The molecule has 21 heavy (non-hydrogen) atoms. The summed E-state index contributed by atoms with van der Waals surface area (Å²) in [5.74, 6) is -1.04. The predicted octanol–water partition coefficient (Wildman–Crippen LogP) is 2.66. The number of carbonyl (C=O) groups is 1. The van der Waals surface area contributed by atoms with Gasteiger partial charge in [0.15, 0.2) is 0 Å². The lowest BCUT2D eigenvalue weighted by atomic mass is 10.1. The van der Waals surface area contributed by atoms with E-state index in [1.807, 2.05) is 0 Å². The maximum absolute atomic E-state index is 13.0. The summed E-state index contributed by atoms with van der Waals surface area (Å²) in [4.78, 5) is 12.1. The number of nitrogens with one attached hydrogen (secondary N) is 1. The Bertz CT molecular complexity index is 738. The number of benzene rings is 2. The summed E-state index contributed by atoms with van der Waals surface area (Å²) < 4.78 is 17.9. The van der Waals surface area contributed by atoms with Gasteiger partial charge in [-0.15, -0.1) is 0 Å². The minimum Gasteiger partial charge on any atom is -0.507 e. The average Bonchev–Trinajstić information content (AvgIpc) is 2.48. The first-order valence-electron chi connectivity index (χ1n) is 5.93. The quantitative estimate of drug-likeness (QED) is 0.908. The Morgan fingerprint density at radius 3 is 2.71 bits per heavy atom. The molecule has 0 bridgehead atoms. The van der Waals surface area contributed by atoms with Crippen molar-refractivity contribution in [3.63, 3.8) is 0 Å². The van der Waals surface area contributed by atoms with Gasteiger partial charge in [0.25, 0.3) is 5.91 Å². The standard InChI is InChI=1S/C15H11FN2O3/c1-21-11-3-4-12(14(19)7-11)15(20)18-13-5-2-10(16)6-9(13)8-17/h2-7,19H,1H3,(H,18,20). The van der Waals surface area contributed by atoms with E-state index in [9.17, 15) is 14.3 Å². The van der Waals surface area contributed by atoms with Crippen LogP contribution in [0.1, 0.15) is 15.9 Å². The van der Waals surface area contributed by atoms with E-state index >= 15 is 0 Å². The fourth-order valence-corrected chi connectivity index (χ4v) is 1.74. The third-order valence-corrected chi connectivity index (χ3v) is 2.80. The number of halogens is 1. The fraction of sp³-hybridized carbons (Fsp3) is 0.0667. The molecule has 0 atom stereocenters. The van der Waals surface area contributed by atoms with Gasteiger partial charge in [-0.3, -0.25) is 4.79 Å². The van der Waals surface area contributed by atoms with Crippen LogP contribution in [0.4, 0.5) is 10.1 Å².